The third-order valence-electron chi connectivity index (χ3n) is 2.76. The Morgan fingerprint density at radius 1 is 1.60 bits per heavy atom. The van der Waals surface area contributed by atoms with E-state index in [2.05, 4.69) is 10.3 Å². The van der Waals surface area contributed by atoms with Gasteiger partial charge in [0.05, 0.1) is 12.1 Å². The first-order valence-corrected chi connectivity index (χ1v) is 6.69. The van der Waals surface area contributed by atoms with Crippen LogP contribution in [0.5, 0.6) is 5.88 Å². The molecule has 0 radical (unpaired) electrons. The molecule has 6 heteroatoms. The van der Waals surface area contributed by atoms with Gasteiger partial charge < -0.3 is 20.5 Å². The summed E-state index contributed by atoms with van der Waals surface area (Å²) in [4.78, 5) is 16.0. The zero-order chi connectivity index (χ0) is 14.8. The molecule has 1 aromatic heterocycles. The summed E-state index contributed by atoms with van der Waals surface area (Å²) in [6.07, 6.45) is 1.76. The predicted molar refractivity (Wildman–Crippen MR) is 75.6 cm³/mol. The van der Waals surface area contributed by atoms with Gasteiger partial charge in [0.1, 0.15) is 12.2 Å². The zero-order valence-electron chi connectivity index (χ0n) is 12.1. The minimum absolute atomic E-state index is 0.124. The minimum atomic E-state index is -0.500. The van der Waals surface area contributed by atoms with Crippen LogP contribution in [0, 0.1) is 0 Å². The average molecular weight is 279 g/mol. The van der Waals surface area contributed by atoms with Crippen molar-refractivity contribution < 1.29 is 14.3 Å². The summed E-state index contributed by atoms with van der Waals surface area (Å²) in [5, 5.41) is 3.19. The van der Waals surface area contributed by atoms with Gasteiger partial charge in [-0.25, -0.2) is 4.98 Å². The van der Waals surface area contributed by atoms with Gasteiger partial charge in [0.15, 0.2) is 0 Å². The van der Waals surface area contributed by atoms with E-state index in [0.717, 1.165) is 17.8 Å². The van der Waals surface area contributed by atoms with Gasteiger partial charge in [0.25, 0.3) is 0 Å². The van der Waals surface area contributed by atoms with Crippen LogP contribution in [-0.2, 0) is 9.53 Å². The third kappa shape index (κ3) is 3.84. The lowest BCUT2D eigenvalue weighted by molar-refractivity contribution is -0.155. The molecular weight excluding hydrogens is 258 g/mol. The molecule has 1 aromatic rings. The largest absolute Gasteiger partial charge is 0.474 e. The van der Waals surface area contributed by atoms with Gasteiger partial charge in [-0.1, -0.05) is 0 Å². The Morgan fingerprint density at radius 2 is 2.35 bits per heavy atom. The first kappa shape index (κ1) is 14.6. The molecule has 1 atom stereocenters. The lowest BCUT2D eigenvalue weighted by Gasteiger charge is -2.22. The molecule has 110 valence electrons. The highest BCUT2D eigenvalue weighted by molar-refractivity contribution is 5.71. The number of fused-ring (bicyclic) bond motifs is 1. The van der Waals surface area contributed by atoms with Gasteiger partial charge in [0.2, 0.25) is 5.88 Å². The lowest BCUT2D eigenvalue weighted by Crippen LogP contribution is -2.27. The Kier molecular flexibility index (Phi) is 4.13. The maximum Gasteiger partial charge on any atom is 0.308 e. The van der Waals surface area contributed by atoms with Gasteiger partial charge in [-0.3, -0.25) is 4.79 Å². The number of hydrogen-bond acceptors (Lipinski definition) is 6. The quantitative estimate of drug-likeness (QED) is 0.818. The van der Waals surface area contributed by atoms with Gasteiger partial charge in [-0.15, -0.1) is 0 Å². The number of nitrogens with one attached hydrogen (secondary N) is 1. The zero-order valence-corrected chi connectivity index (χ0v) is 12.1. The average Bonchev–Trinajstić information content (AvgIpc) is 2.35. The first-order valence-electron chi connectivity index (χ1n) is 6.69. The highest BCUT2D eigenvalue weighted by atomic mass is 16.6. The molecule has 6 nitrogen and oxygen atoms in total. The number of esters is 1. The van der Waals surface area contributed by atoms with Crippen LogP contribution in [-0.4, -0.2) is 29.7 Å². The van der Waals surface area contributed by atoms with E-state index in [4.69, 9.17) is 15.2 Å². The van der Waals surface area contributed by atoms with E-state index in [1.165, 1.54) is 0 Å². The van der Waals surface area contributed by atoms with Crippen molar-refractivity contribution in [2.75, 3.05) is 18.5 Å². The topological polar surface area (TPSA) is 86.5 Å². The first-order chi connectivity index (χ1) is 9.35. The van der Waals surface area contributed by atoms with E-state index < -0.39 is 11.6 Å². The minimum Gasteiger partial charge on any atom is -0.474 e. The number of pyridine rings is 1. The smallest absolute Gasteiger partial charge is 0.308 e. The fourth-order valence-electron chi connectivity index (χ4n) is 1.93. The van der Waals surface area contributed by atoms with Crippen LogP contribution in [0.4, 0.5) is 5.69 Å². The molecule has 0 bridgehead atoms. The second kappa shape index (κ2) is 5.66. The van der Waals surface area contributed by atoms with Crippen molar-refractivity contribution in [3.8, 4) is 5.88 Å². The molecule has 1 unspecified atom stereocenters. The summed E-state index contributed by atoms with van der Waals surface area (Å²) in [6.45, 7) is 6.83. The molecular formula is C14H21N3O3. The Hall–Kier alpha value is -1.82. The molecule has 3 N–H and O–H groups in total. The van der Waals surface area contributed by atoms with Gasteiger partial charge in [-0.2, -0.15) is 0 Å². The summed E-state index contributed by atoms with van der Waals surface area (Å²) in [5.41, 5.74) is 7.14. The van der Waals surface area contributed by atoms with Gasteiger partial charge in [-0.05, 0) is 32.4 Å². The van der Waals surface area contributed by atoms with E-state index >= 15 is 0 Å². The predicted octanol–water partition coefficient (Wildman–Crippen LogP) is 1.62. The molecule has 2 rings (SSSR count). The van der Waals surface area contributed by atoms with E-state index in [1.807, 2.05) is 26.8 Å². The van der Waals surface area contributed by atoms with E-state index in [-0.39, 0.29) is 12.4 Å². The van der Waals surface area contributed by atoms with Crippen LogP contribution in [0.2, 0.25) is 0 Å². The molecule has 0 aromatic carbocycles. The van der Waals surface area contributed by atoms with Crippen LogP contribution < -0.4 is 15.8 Å². The van der Waals surface area contributed by atoms with Gasteiger partial charge >= 0.3 is 5.97 Å². The fourth-order valence-corrected chi connectivity index (χ4v) is 1.93. The number of ether oxygens (including phenoxy) is 2. The molecule has 0 spiro atoms. The van der Waals surface area contributed by atoms with E-state index in [9.17, 15) is 4.79 Å². The van der Waals surface area contributed by atoms with E-state index in [0.29, 0.717) is 12.5 Å². The Labute approximate surface area is 118 Å². The molecule has 0 saturated heterocycles. The summed E-state index contributed by atoms with van der Waals surface area (Å²) in [6, 6.07) is 1.43. The van der Waals surface area contributed by atoms with Crippen molar-refractivity contribution in [1.29, 1.82) is 0 Å². The standard InChI is InChI=1S/C14H21N3O3/c1-14(2,3)20-12(18)7-10(15)9-6-11-13(17-8-9)19-5-4-16-11/h6,8,10,16H,4-5,7,15H2,1-3H3. The Balaban J connectivity index is 2.02. The van der Waals surface area contributed by atoms with Crippen LogP contribution in [0.15, 0.2) is 12.3 Å². The highest BCUT2D eigenvalue weighted by Gasteiger charge is 2.21. The highest BCUT2D eigenvalue weighted by Crippen LogP contribution is 2.28. The van der Waals surface area contributed by atoms with Crippen molar-refractivity contribution in [2.45, 2.75) is 38.8 Å². The van der Waals surface area contributed by atoms with Crippen molar-refractivity contribution in [2.24, 2.45) is 5.73 Å². The third-order valence-corrected chi connectivity index (χ3v) is 2.76. The number of nitrogens with two attached hydrogens (primary N) is 1. The van der Waals surface area contributed by atoms with Crippen LogP contribution in [0.1, 0.15) is 38.8 Å². The normalized spacial score (nSPS) is 15.6. The molecule has 0 fully saturated rings. The number of carbonyl (C=O) groups is 1. The van der Waals surface area contributed by atoms with Crippen molar-refractivity contribution in [1.82, 2.24) is 4.98 Å². The summed E-state index contributed by atoms with van der Waals surface area (Å²) < 4.78 is 10.7. The van der Waals surface area contributed by atoms with Crippen LogP contribution in [0.25, 0.3) is 0 Å². The lowest BCUT2D eigenvalue weighted by atomic mass is 10.1. The SMILES string of the molecule is CC(C)(C)OC(=O)CC(N)c1cnc2c(c1)NCCO2. The Morgan fingerprint density at radius 3 is 3.05 bits per heavy atom. The van der Waals surface area contributed by atoms with Crippen LogP contribution >= 0.6 is 0 Å². The molecule has 20 heavy (non-hydrogen) atoms. The van der Waals surface area contributed by atoms with Gasteiger partial charge in [0, 0.05) is 18.8 Å². The summed E-state index contributed by atoms with van der Waals surface area (Å²) in [5.74, 6) is 0.261. The molecule has 0 amide bonds. The second-order valence-corrected chi connectivity index (χ2v) is 5.79. The molecule has 1 aliphatic rings. The summed E-state index contributed by atoms with van der Waals surface area (Å²) >= 11 is 0. The number of hydrogen-bond donors (Lipinski definition) is 2. The monoisotopic (exact) mass is 279 g/mol. The number of nitrogens with zero attached hydrogens (tertiary/aromatic N) is 1. The van der Waals surface area contributed by atoms with Crippen LogP contribution in [0.3, 0.4) is 0 Å². The number of anilines is 1. The molecule has 0 saturated carbocycles. The number of rotatable bonds is 3. The molecule has 0 aliphatic carbocycles. The maximum atomic E-state index is 11.8. The Bertz CT molecular complexity index is 497. The molecule has 1 aliphatic heterocycles. The molecule has 2 heterocycles. The van der Waals surface area contributed by atoms with E-state index in [1.54, 1.807) is 6.20 Å². The maximum absolute atomic E-state index is 11.8. The fraction of sp³-hybridized carbons (Fsp3) is 0.571. The van der Waals surface area contributed by atoms with Crippen molar-refractivity contribution in [3.05, 3.63) is 17.8 Å². The number of carbonyl (C=O) groups excluding carboxylic acids is 1. The van der Waals surface area contributed by atoms with Crippen molar-refractivity contribution in [3.63, 3.8) is 0 Å². The second-order valence-electron chi connectivity index (χ2n) is 5.79. The number of aromatic nitrogens is 1. The van der Waals surface area contributed by atoms with Crippen molar-refractivity contribution >= 4 is 11.7 Å². The summed E-state index contributed by atoms with van der Waals surface area (Å²) in [7, 11) is 0.